The summed E-state index contributed by atoms with van der Waals surface area (Å²) in [5, 5.41) is 10.6. The van der Waals surface area contributed by atoms with Crippen molar-refractivity contribution in [1.29, 1.82) is 0 Å². The molecule has 2 aromatic carbocycles. The van der Waals surface area contributed by atoms with Gasteiger partial charge in [0.1, 0.15) is 0 Å². The zero-order chi connectivity index (χ0) is 28.9. The van der Waals surface area contributed by atoms with Crippen LogP contribution >= 0.6 is 0 Å². The van der Waals surface area contributed by atoms with Gasteiger partial charge in [-0.15, -0.1) is 0 Å². The van der Waals surface area contributed by atoms with Crippen molar-refractivity contribution in [3.05, 3.63) is 53.6 Å². The van der Waals surface area contributed by atoms with Gasteiger partial charge in [-0.25, -0.2) is 0 Å². The molecule has 0 aliphatic carbocycles. The third-order valence-electron chi connectivity index (χ3n) is 8.38. The summed E-state index contributed by atoms with van der Waals surface area (Å²) in [5.74, 6) is -0.442. The number of carbonyl (C=O) groups is 2. The highest BCUT2D eigenvalue weighted by atomic mass is 16.7. The number of hydrogen-bond donors (Lipinski definition) is 2. The van der Waals surface area contributed by atoms with Gasteiger partial charge in [0.05, 0.1) is 12.5 Å². The number of anilines is 1. The van der Waals surface area contributed by atoms with Crippen LogP contribution in [0.5, 0.6) is 11.5 Å². The van der Waals surface area contributed by atoms with Gasteiger partial charge in [0, 0.05) is 37.3 Å². The van der Waals surface area contributed by atoms with Gasteiger partial charge < -0.3 is 25.2 Å². The van der Waals surface area contributed by atoms with Gasteiger partial charge in [-0.3, -0.25) is 14.5 Å². The maximum Gasteiger partial charge on any atom is 0.308 e. The third kappa shape index (κ3) is 6.78. The van der Waals surface area contributed by atoms with Crippen LogP contribution in [0.3, 0.4) is 0 Å². The summed E-state index contributed by atoms with van der Waals surface area (Å²) >= 11 is 0. The first-order chi connectivity index (χ1) is 19.2. The van der Waals surface area contributed by atoms with E-state index in [9.17, 15) is 14.7 Å². The highest BCUT2D eigenvalue weighted by Crippen LogP contribution is 2.45. The van der Waals surface area contributed by atoms with E-state index in [1.54, 1.807) is 0 Å². The van der Waals surface area contributed by atoms with Crippen molar-refractivity contribution < 1.29 is 24.2 Å². The molecule has 0 saturated carbocycles. The quantitative estimate of drug-likeness (QED) is 0.344. The van der Waals surface area contributed by atoms with Crippen LogP contribution in [0.25, 0.3) is 0 Å². The Morgan fingerprint density at radius 2 is 1.88 bits per heavy atom. The lowest BCUT2D eigenvalue weighted by Crippen LogP contribution is -2.46. The molecular weight excluding hydrogens is 506 g/mol. The lowest BCUT2D eigenvalue weighted by molar-refractivity contribution is -0.143. The first-order valence-electron chi connectivity index (χ1n) is 14.6. The summed E-state index contributed by atoms with van der Waals surface area (Å²) in [5.41, 5.74) is 8.55. The molecule has 3 atom stereocenters. The molecule has 0 bridgehead atoms. The first kappa shape index (κ1) is 29.9. The second-order valence-corrected chi connectivity index (χ2v) is 12.0. The van der Waals surface area contributed by atoms with Crippen molar-refractivity contribution in [2.24, 2.45) is 17.1 Å². The highest BCUT2D eigenvalue weighted by molar-refractivity contribution is 5.95. The molecule has 2 aliphatic rings. The lowest BCUT2D eigenvalue weighted by atomic mass is 9.76. The van der Waals surface area contributed by atoms with Gasteiger partial charge in [0.15, 0.2) is 11.5 Å². The number of nitrogens with two attached hydrogens (primary N) is 1. The van der Waals surface area contributed by atoms with Gasteiger partial charge in [-0.1, -0.05) is 58.7 Å². The number of benzene rings is 2. The smallest absolute Gasteiger partial charge is 0.308 e. The van der Waals surface area contributed by atoms with Crippen molar-refractivity contribution in [3.8, 4) is 11.5 Å². The molecule has 2 heterocycles. The fourth-order valence-electron chi connectivity index (χ4n) is 6.40. The second kappa shape index (κ2) is 13.0. The average molecular weight is 552 g/mol. The SMILES string of the molecule is CCCCN(C(=O)CN1C[C@H](c2ccc3c(c2)OCO3)C(C(=O)O)[C@@H]1CC(C)(C)CCC)c1cccc(CN)c1. The minimum absolute atomic E-state index is 0.0172. The molecule has 0 aromatic heterocycles. The number of hydrogen-bond acceptors (Lipinski definition) is 6. The summed E-state index contributed by atoms with van der Waals surface area (Å²) in [6, 6.07) is 13.3. The molecule has 1 saturated heterocycles. The van der Waals surface area contributed by atoms with Gasteiger partial charge >= 0.3 is 5.97 Å². The minimum atomic E-state index is -0.826. The van der Waals surface area contributed by atoms with Crippen LogP contribution < -0.4 is 20.1 Å². The number of unbranched alkanes of at least 4 members (excludes halogenated alkanes) is 1. The summed E-state index contributed by atoms with van der Waals surface area (Å²) in [6.45, 7) is 10.5. The number of carboxylic acids is 1. The fourth-order valence-corrected chi connectivity index (χ4v) is 6.40. The van der Waals surface area contributed by atoms with Crippen molar-refractivity contribution in [2.45, 2.75) is 78.3 Å². The summed E-state index contributed by atoms with van der Waals surface area (Å²) in [6.07, 6.45) is 4.54. The fraction of sp³-hybridized carbons (Fsp3) is 0.562. The van der Waals surface area contributed by atoms with Gasteiger partial charge in [-0.05, 0) is 60.1 Å². The van der Waals surface area contributed by atoms with Gasteiger partial charge in [-0.2, -0.15) is 0 Å². The van der Waals surface area contributed by atoms with Crippen molar-refractivity contribution in [1.82, 2.24) is 4.90 Å². The van der Waals surface area contributed by atoms with E-state index in [2.05, 4.69) is 32.6 Å². The molecule has 8 nitrogen and oxygen atoms in total. The van der Waals surface area contributed by atoms with E-state index in [-0.39, 0.29) is 36.6 Å². The van der Waals surface area contributed by atoms with Crippen LogP contribution in [0.15, 0.2) is 42.5 Å². The van der Waals surface area contributed by atoms with Crippen molar-refractivity contribution in [2.75, 3.05) is 31.3 Å². The molecule has 8 heteroatoms. The Hall–Kier alpha value is -3.10. The number of rotatable bonds is 13. The highest BCUT2D eigenvalue weighted by Gasteiger charge is 2.49. The molecule has 4 rings (SSSR count). The van der Waals surface area contributed by atoms with Crippen LogP contribution in [0, 0.1) is 11.3 Å². The van der Waals surface area contributed by atoms with Gasteiger partial charge in [0.2, 0.25) is 12.7 Å². The molecule has 1 unspecified atom stereocenters. The number of fused-ring (bicyclic) bond motifs is 1. The van der Waals surface area contributed by atoms with Crippen LogP contribution in [-0.4, -0.2) is 54.4 Å². The van der Waals surface area contributed by atoms with E-state index in [4.69, 9.17) is 15.2 Å². The lowest BCUT2D eigenvalue weighted by Gasteiger charge is -2.35. The van der Waals surface area contributed by atoms with Crippen LogP contribution in [0.4, 0.5) is 5.69 Å². The predicted molar refractivity (Wildman–Crippen MR) is 157 cm³/mol. The van der Waals surface area contributed by atoms with Crippen LogP contribution in [0.2, 0.25) is 0 Å². The average Bonchev–Trinajstić information content (AvgIpc) is 3.53. The second-order valence-electron chi connectivity index (χ2n) is 12.0. The number of carboxylic acid groups (broad SMARTS) is 1. The van der Waals surface area contributed by atoms with Gasteiger partial charge in [0.25, 0.3) is 0 Å². The number of nitrogens with zero attached hydrogens (tertiary/aromatic N) is 2. The Kier molecular flexibility index (Phi) is 9.74. The summed E-state index contributed by atoms with van der Waals surface area (Å²) in [4.78, 5) is 30.8. The monoisotopic (exact) mass is 551 g/mol. The van der Waals surface area contributed by atoms with Crippen LogP contribution in [0.1, 0.15) is 76.8 Å². The standard InChI is InChI=1S/C32H45N3O5/c1-5-7-14-35(24-10-8-9-22(15-24)18-33)29(36)20-34-19-25(23-11-12-27-28(16-23)40-21-39-27)30(31(37)38)26(34)17-32(3,4)13-6-2/h8-12,15-16,25-26,30H,5-7,13-14,17-21,33H2,1-4H3,(H,37,38)/t25-,26+,30?/m1/s1. The molecule has 1 amide bonds. The Labute approximate surface area is 238 Å². The predicted octanol–water partition coefficient (Wildman–Crippen LogP) is 5.39. The van der Waals surface area contributed by atoms with Crippen molar-refractivity contribution in [3.63, 3.8) is 0 Å². The van der Waals surface area contributed by atoms with Crippen molar-refractivity contribution >= 4 is 17.6 Å². The number of aliphatic carboxylic acids is 1. The van der Waals surface area contributed by atoms with E-state index in [1.807, 2.05) is 47.4 Å². The molecule has 2 aliphatic heterocycles. The zero-order valence-corrected chi connectivity index (χ0v) is 24.4. The number of ether oxygens (including phenoxy) is 2. The Bertz CT molecular complexity index is 1180. The van der Waals surface area contributed by atoms with E-state index >= 15 is 0 Å². The Morgan fingerprint density at radius 3 is 2.58 bits per heavy atom. The molecule has 218 valence electrons. The normalized spacial score (nSPS) is 20.6. The Morgan fingerprint density at radius 1 is 1.10 bits per heavy atom. The van der Waals surface area contributed by atoms with E-state index < -0.39 is 11.9 Å². The number of likely N-dealkylation sites (tertiary alicyclic amines) is 1. The maximum atomic E-state index is 14.0. The summed E-state index contributed by atoms with van der Waals surface area (Å²) < 4.78 is 11.1. The summed E-state index contributed by atoms with van der Waals surface area (Å²) in [7, 11) is 0. The Balaban J connectivity index is 1.67. The van der Waals surface area contributed by atoms with E-state index in [0.717, 1.165) is 42.5 Å². The maximum absolute atomic E-state index is 14.0. The van der Waals surface area contributed by atoms with E-state index in [0.29, 0.717) is 37.6 Å². The topological polar surface area (TPSA) is 105 Å². The molecule has 0 spiro atoms. The number of carbonyl (C=O) groups excluding carboxylic acids is 1. The molecule has 0 radical (unpaired) electrons. The zero-order valence-electron chi connectivity index (χ0n) is 24.4. The first-order valence-corrected chi connectivity index (χ1v) is 14.6. The molecule has 1 fully saturated rings. The molecule has 2 aromatic rings. The molecule has 3 N–H and O–H groups in total. The largest absolute Gasteiger partial charge is 0.481 e. The number of amides is 1. The molecular formula is C32H45N3O5. The van der Waals surface area contributed by atoms with Crippen LogP contribution in [-0.2, 0) is 16.1 Å². The third-order valence-corrected chi connectivity index (χ3v) is 8.38. The van der Waals surface area contributed by atoms with E-state index in [1.165, 1.54) is 0 Å². The molecule has 40 heavy (non-hydrogen) atoms. The minimum Gasteiger partial charge on any atom is -0.481 e.